The van der Waals surface area contributed by atoms with E-state index in [0.29, 0.717) is 17.1 Å². The van der Waals surface area contributed by atoms with Crippen LogP contribution in [0.4, 0.5) is 21.6 Å². The lowest BCUT2D eigenvalue weighted by molar-refractivity contribution is 0.598. The zero-order valence-corrected chi connectivity index (χ0v) is 15.9. The molecule has 0 aliphatic heterocycles. The van der Waals surface area contributed by atoms with Gasteiger partial charge in [-0.25, -0.2) is 17.8 Å². The van der Waals surface area contributed by atoms with Crippen LogP contribution in [0.25, 0.3) is 0 Å². The number of para-hydroxylation sites is 1. The second kappa shape index (κ2) is 7.75. The Morgan fingerprint density at radius 3 is 2.41 bits per heavy atom. The molecular formula is C20H20FN3O2S. The van der Waals surface area contributed by atoms with Gasteiger partial charge in [0.25, 0.3) is 10.0 Å². The predicted octanol–water partition coefficient (Wildman–Crippen LogP) is 4.49. The molecule has 0 saturated carbocycles. The summed E-state index contributed by atoms with van der Waals surface area (Å²) in [4.78, 5) is 6.43. The fourth-order valence-electron chi connectivity index (χ4n) is 2.82. The van der Waals surface area contributed by atoms with Gasteiger partial charge < -0.3 is 4.90 Å². The Hall–Kier alpha value is -2.93. The molecule has 0 spiro atoms. The fraction of sp³-hybridized carbons (Fsp3) is 0.150. The number of nitrogens with one attached hydrogen (secondary N) is 1. The zero-order valence-electron chi connectivity index (χ0n) is 15.1. The summed E-state index contributed by atoms with van der Waals surface area (Å²) in [5, 5.41) is 0. The molecule has 0 unspecified atom stereocenters. The summed E-state index contributed by atoms with van der Waals surface area (Å²) in [6.45, 7) is 4.29. The van der Waals surface area contributed by atoms with Crippen LogP contribution in [0.5, 0.6) is 0 Å². The first-order valence-electron chi connectivity index (χ1n) is 8.48. The maximum Gasteiger partial charge on any atom is 0.262 e. The van der Waals surface area contributed by atoms with Crippen LogP contribution >= 0.6 is 0 Å². The van der Waals surface area contributed by atoms with Crippen molar-refractivity contribution in [2.45, 2.75) is 18.7 Å². The van der Waals surface area contributed by atoms with Gasteiger partial charge in [0.1, 0.15) is 11.6 Å². The molecule has 27 heavy (non-hydrogen) atoms. The minimum Gasteiger partial charge on any atom is -0.327 e. The van der Waals surface area contributed by atoms with Gasteiger partial charge >= 0.3 is 0 Å². The molecule has 0 aliphatic carbocycles. The standard InChI is InChI=1S/C20H20FN3O2S/c1-3-24(18-7-5-4-6-8-18)20-12-10-17(14-22-20)23-27(25,26)19-11-9-16(21)13-15(19)2/h4-14,23H,3H2,1-2H3. The van der Waals surface area contributed by atoms with Crippen LogP contribution in [0.2, 0.25) is 0 Å². The number of rotatable bonds is 6. The van der Waals surface area contributed by atoms with Crippen molar-refractivity contribution >= 4 is 27.2 Å². The van der Waals surface area contributed by atoms with Gasteiger partial charge in [0.2, 0.25) is 0 Å². The Kier molecular flexibility index (Phi) is 5.41. The normalized spacial score (nSPS) is 11.2. The molecule has 3 aromatic rings. The second-order valence-corrected chi connectivity index (χ2v) is 7.65. The molecule has 3 rings (SSSR count). The minimum atomic E-state index is -3.82. The number of pyridine rings is 1. The highest BCUT2D eigenvalue weighted by atomic mass is 32.2. The summed E-state index contributed by atoms with van der Waals surface area (Å²) in [5.74, 6) is 0.239. The average molecular weight is 385 g/mol. The first-order valence-corrected chi connectivity index (χ1v) is 9.96. The van der Waals surface area contributed by atoms with E-state index in [-0.39, 0.29) is 4.90 Å². The van der Waals surface area contributed by atoms with Crippen molar-refractivity contribution in [2.24, 2.45) is 0 Å². The quantitative estimate of drug-likeness (QED) is 0.679. The molecule has 0 radical (unpaired) electrons. The summed E-state index contributed by atoms with van der Waals surface area (Å²) < 4.78 is 40.8. The number of hydrogen-bond acceptors (Lipinski definition) is 4. The topological polar surface area (TPSA) is 62.3 Å². The first kappa shape index (κ1) is 18.8. The van der Waals surface area contributed by atoms with Crippen molar-refractivity contribution in [1.82, 2.24) is 4.98 Å². The third kappa shape index (κ3) is 4.25. The maximum atomic E-state index is 13.2. The Labute approximate surface area is 158 Å². The van der Waals surface area contributed by atoms with Gasteiger partial charge in [-0.1, -0.05) is 18.2 Å². The lowest BCUT2D eigenvalue weighted by Crippen LogP contribution is -2.18. The van der Waals surface area contributed by atoms with Gasteiger partial charge in [-0.05, 0) is 61.9 Å². The van der Waals surface area contributed by atoms with Crippen LogP contribution in [0.1, 0.15) is 12.5 Å². The van der Waals surface area contributed by atoms with E-state index < -0.39 is 15.8 Å². The third-order valence-electron chi connectivity index (χ3n) is 4.09. The molecule has 1 aromatic heterocycles. The number of nitrogens with zero attached hydrogens (tertiary/aromatic N) is 2. The first-order chi connectivity index (χ1) is 12.9. The lowest BCUT2D eigenvalue weighted by Gasteiger charge is -2.22. The van der Waals surface area contributed by atoms with Crippen molar-refractivity contribution in [1.29, 1.82) is 0 Å². The van der Waals surface area contributed by atoms with Gasteiger partial charge in [0.05, 0.1) is 16.8 Å². The average Bonchev–Trinajstić information content (AvgIpc) is 2.64. The Balaban J connectivity index is 1.83. The van der Waals surface area contributed by atoms with Gasteiger partial charge in [-0.2, -0.15) is 0 Å². The van der Waals surface area contributed by atoms with E-state index in [1.54, 1.807) is 19.1 Å². The smallest absolute Gasteiger partial charge is 0.262 e. The molecular weight excluding hydrogens is 365 g/mol. The molecule has 5 nitrogen and oxygen atoms in total. The number of halogens is 1. The monoisotopic (exact) mass is 385 g/mol. The lowest BCUT2D eigenvalue weighted by atomic mass is 10.2. The highest BCUT2D eigenvalue weighted by molar-refractivity contribution is 7.92. The molecule has 140 valence electrons. The molecule has 0 aliphatic rings. The van der Waals surface area contributed by atoms with E-state index in [0.717, 1.165) is 18.3 Å². The van der Waals surface area contributed by atoms with E-state index in [1.165, 1.54) is 18.3 Å². The predicted molar refractivity (Wildman–Crippen MR) is 105 cm³/mol. The summed E-state index contributed by atoms with van der Waals surface area (Å²) >= 11 is 0. The van der Waals surface area contributed by atoms with Gasteiger partial charge in [0.15, 0.2) is 0 Å². The van der Waals surface area contributed by atoms with Gasteiger partial charge in [-0.15, -0.1) is 0 Å². The maximum absolute atomic E-state index is 13.2. The molecule has 0 fully saturated rings. The Bertz CT molecular complexity index is 1020. The van der Waals surface area contributed by atoms with Crippen LogP contribution in [-0.4, -0.2) is 19.9 Å². The largest absolute Gasteiger partial charge is 0.327 e. The number of anilines is 3. The van der Waals surface area contributed by atoms with Gasteiger partial charge in [0, 0.05) is 12.2 Å². The highest BCUT2D eigenvalue weighted by Crippen LogP contribution is 2.25. The molecule has 1 heterocycles. The van der Waals surface area contributed by atoms with Gasteiger partial charge in [-0.3, -0.25) is 4.72 Å². The SMILES string of the molecule is CCN(c1ccccc1)c1ccc(NS(=O)(=O)c2ccc(F)cc2C)cn1. The summed E-state index contributed by atoms with van der Waals surface area (Å²) in [7, 11) is -3.82. The van der Waals surface area contributed by atoms with Crippen molar-refractivity contribution in [3.63, 3.8) is 0 Å². The van der Waals surface area contributed by atoms with Crippen molar-refractivity contribution in [3.8, 4) is 0 Å². The molecule has 0 bridgehead atoms. The molecule has 2 aromatic carbocycles. The number of aromatic nitrogens is 1. The Morgan fingerprint density at radius 1 is 1.07 bits per heavy atom. The third-order valence-corrected chi connectivity index (χ3v) is 5.63. The van der Waals surface area contributed by atoms with Crippen LogP contribution in [0.15, 0.2) is 71.8 Å². The number of aryl methyl sites for hydroxylation is 1. The summed E-state index contributed by atoms with van der Waals surface area (Å²) in [6.07, 6.45) is 1.47. The minimum absolute atomic E-state index is 0.0347. The van der Waals surface area contributed by atoms with Crippen LogP contribution in [0, 0.1) is 12.7 Å². The van der Waals surface area contributed by atoms with Crippen LogP contribution in [-0.2, 0) is 10.0 Å². The molecule has 7 heteroatoms. The summed E-state index contributed by atoms with van der Waals surface area (Å²) in [6, 6.07) is 16.8. The van der Waals surface area contributed by atoms with Crippen LogP contribution in [0.3, 0.4) is 0 Å². The van der Waals surface area contributed by atoms with E-state index in [2.05, 4.69) is 9.71 Å². The number of benzene rings is 2. The molecule has 0 amide bonds. The molecule has 1 N–H and O–H groups in total. The van der Waals surface area contributed by atoms with E-state index >= 15 is 0 Å². The molecule has 0 saturated heterocycles. The van der Waals surface area contributed by atoms with Crippen molar-refractivity contribution in [2.75, 3.05) is 16.2 Å². The van der Waals surface area contributed by atoms with E-state index in [9.17, 15) is 12.8 Å². The van der Waals surface area contributed by atoms with Crippen molar-refractivity contribution < 1.29 is 12.8 Å². The zero-order chi connectivity index (χ0) is 19.4. The summed E-state index contributed by atoms with van der Waals surface area (Å²) in [5.41, 5.74) is 1.68. The number of hydrogen-bond donors (Lipinski definition) is 1. The second-order valence-electron chi connectivity index (χ2n) is 6.00. The van der Waals surface area contributed by atoms with Crippen molar-refractivity contribution in [3.05, 3.63) is 78.2 Å². The Morgan fingerprint density at radius 2 is 1.81 bits per heavy atom. The van der Waals surface area contributed by atoms with E-state index in [1.807, 2.05) is 42.2 Å². The van der Waals surface area contributed by atoms with Crippen LogP contribution < -0.4 is 9.62 Å². The fourth-order valence-corrected chi connectivity index (χ4v) is 4.09. The molecule has 0 atom stereocenters. The highest BCUT2D eigenvalue weighted by Gasteiger charge is 2.18. The van der Waals surface area contributed by atoms with E-state index in [4.69, 9.17) is 0 Å². The number of sulfonamides is 1.